The van der Waals surface area contributed by atoms with Crippen LogP contribution in [0.5, 0.6) is 0 Å². The maximum atomic E-state index is 12.4. The summed E-state index contributed by atoms with van der Waals surface area (Å²) in [4.78, 5) is 23.2. The smallest absolute Gasteiger partial charge is 0.328 e. The summed E-state index contributed by atoms with van der Waals surface area (Å²) >= 11 is 1.29. The van der Waals surface area contributed by atoms with Crippen LogP contribution in [-0.4, -0.2) is 43.2 Å². The zero-order valence-electron chi connectivity index (χ0n) is 15.5. The van der Waals surface area contributed by atoms with Crippen molar-refractivity contribution in [1.82, 2.24) is 5.32 Å². The lowest BCUT2D eigenvalue weighted by Crippen LogP contribution is -2.43. The summed E-state index contributed by atoms with van der Waals surface area (Å²) in [7, 11) is -3.67. The van der Waals surface area contributed by atoms with Gasteiger partial charge < -0.3 is 15.5 Å². The van der Waals surface area contributed by atoms with Crippen LogP contribution in [0.2, 0.25) is 0 Å². The Morgan fingerprint density at radius 1 is 1.03 bits per heavy atom. The number of aliphatic hydroxyl groups excluding tert-OH is 1. The summed E-state index contributed by atoms with van der Waals surface area (Å²) in [6.45, 7) is -0.715. The average molecular weight is 447 g/mol. The van der Waals surface area contributed by atoms with Crippen molar-refractivity contribution >= 4 is 38.9 Å². The molecule has 10 heteroatoms. The van der Waals surface area contributed by atoms with Gasteiger partial charge in [0.25, 0.3) is 15.9 Å². The average Bonchev–Trinajstić information content (AvgIpc) is 3.27. The molecular formula is C20H18N2O6S2. The van der Waals surface area contributed by atoms with Crippen molar-refractivity contribution in [1.29, 1.82) is 0 Å². The van der Waals surface area contributed by atoms with Crippen LogP contribution in [0, 0.1) is 0 Å². The number of sulfonamides is 1. The number of thiophene rings is 1. The molecule has 1 unspecified atom stereocenters. The first-order chi connectivity index (χ1) is 14.3. The van der Waals surface area contributed by atoms with E-state index in [2.05, 4.69) is 10.0 Å². The number of hydrogen-bond acceptors (Lipinski definition) is 6. The van der Waals surface area contributed by atoms with Crippen LogP contribution in [0.3, 0.4) is 0 Å². The Hall–Kier alpha value is -3.21. The summed E-state index contributed by atoms with van der Waals surface area (Å²) in [6.07, 6.45) is 0. The number of rotatable bonds is 8. The van der Waals surface area contributed by atoms with Crippen LogP contribution in [0.1, 0.15) is 10.4 Å². The zero-order chi connectivity index (χ0) is 21.7. The third-order valence-electron chi connectivity index (χ3n) is 4.19. The molecule has 1 aromatic heterocycles. The fourth-order valence-corrected chi connectivity index (χ4v) is 4.70. The number of aliphatic carboxylic acids is 1. The molecule has 1 amide bonds. The second-order valence-corrected chi connectivity index (χ2v) is 8.73. The molecule has 3 rings (SSSR count). The highest BCUT2D eigenvalue weighted by Gasteiger charge is 2.19. The predicted molar refractivity (Wildman–Crippen MR) is 113 cm³/mol. The molecule has 8 nitrogen and oxygen atoms in total. The molecule has 0 saturated carbocycles. The minimum absolute atomic E-state index is 0.191. The van der Waals surface area contributed by atoms with Crippen LogP contribution < -0.4 is 10.0 Å². The SMILES string of the molecule is O=C(NC(CO)C(=O)O)c1ccc(-c2cccc(NS(=O)(=O)c3ccsc3)c2)cc1. The second-order valence-electron chi connectivity index (χ2n) is 6.27. The maximum absolute atomic E-state index is 12.4. The topological polar surface area (TPSA) is 133 Å². The Morgan fingerprint density at radius 2 is 1.77 bits per heavy atom. The number of anilines is 1. The normalized spacial score (nSPS) is 12.2. The van der Waals surface area contributed by atoms with Gasteiger partial charge in [0.15, 0.2) is 6.04 Å². The number of carbonyl (C=O) groups is 2. The van der Waals surface area contributed by atoms with E-state index in [4.69, 9.17) is 10.2 Å². The van der Waals surface area contributed by atoms with Crippen LogP contribution in [0.25, 0.3) is 11.1 Å². The Balaban J connectivity index is 1.76. The van der Waals surface area contributed by atoms with Gasteiger partial charge in [0.05, 0.1) is 11.5 Å². The van der Waals surface area contributed by atoms with Gasteiger partial charge in [-0.15, -0.1) is 0 Å². The Labute approximate surface area is 176 Å². The first kappa shape index (κ1) is 21.5. The second kappa shape index (κ2) is 9.08. The maximum Gasteiger partial charge on any atom is 0.328 e. The van der Waals surface area contributed by atoms with Crippen molar-refractivity contribution in [3.8, 4) is 11.1 Å². The summed E-state index contributed by atoms with van der Waals surface area (Å²) in [5, 5.41) is 23.4. The molecule has 4 N–H and O–H groups in total. The van der Waals surface area contributed by atoms with E-state index in [9.17, 15) is 18.0 Å². The summed E-state index contributed by atoms with van der Waals surface area (Å²) in [5.74, 6) is -1.95. The van der Waals surface area contributed by atoms with Gasteiger partial charge >= 0.3 is 5.97 Å². The van der Waals surface area contributed by atoms with E-state index >= 15 is 0 Å². The molecular weight excluding hydrogens is 428 g/mol. The van der Waals surface area contributed by atoms with E-state index < -0.39 is 34.5 Å². The monoisotopic (exact) mass is 446 g/mol. The number of benzene rings is 2. The number of amides is 1. The van der Waals surface area contributed by atoms with Crippen molar-refractivity contribution < 1.29 is 28.2 Å². The molecule has 0 saturated heterocycles. The van der Waals surface area contributed by atoms with E-state index in [1.165, 1.54) is 29.5 Å². The van der Waals surface area contributed by atoms with E-state index in [0.29, 0.717) is 5.69 Å². The van der Waals surface area contributed by atoms with Crippen molar-refractivity contribution in [2.24, 2.45) is 0 Å². The Kier molecular flexibility index (Phi) is 6.50. The lowest BCUT2D eigenvalue weighted by molar-refractivity contribution is -0.140. The molecule has 0 radical (unpaired) electrons. The standard InChI is InChI=1S/C20H18N2O6S2/c23-11-18(20(25)26)21-19(24)14-6-4-13(5-7-14)15-2-1-3-16(10-15)22-30(27,28)17-8-9-29-12-17/h1-10,12,18,22-23H,11H2,(H,21,24)(H,25,26). The third-order valence-corrected chi connectivity index (χ3v) is 6.40. The van der Waals surface area contributed by atoms with Gasteiger partial charge in [0.1, 0.15) is 0 Å². The molecule has 0 fully saturated rings. The van der Waals surface area contributed by atoms with Crippen LogP contribution in [0.4, 0.5) is 5.69 Å². The minimum atomic E-state index is -3.67. The highest BCUT2D eigenvalue weighted by atomic mass is 32.2. The lowest BCUT2D eigenvalue weighted by atomic mass is 10.0. The third kappa shape index (κ3) is 5.03. The highest BCUT2D eigenvalue weighted by Crippen LogP contribution is 2.25. The largest absolute Gasteiger partial charge is 0.480 e. The van der Waals surface area contributed by atoms with Gasteiger partial charge in [0, 0.05) is 16.6 Å². The number of nitrogens with one attached hydrogen (secondary N) is 2. The number of aliphatic hydroxyl groups is 1. The zero-order valence-corrected chi connectivity index (χ0v) is 17.1. The predicted octanol–water partition coefficient (Wildman–Crippen LogP) is 2.39. The van der Waals surface area contributed by atoms with Gasteiger partial charge in [-0.2, -0.15) is 11.3 Å². The van der Waals surface area contributed by atoms with Gasteiger partial charge in [-0.3, -0.25) is 9.52 Å². The first-order valence-corrected chi connectivity index (χ1v) is 11.1. The van der Waals surface area contributed by atoms with Crippen molar-refractivity contribution in [2.75, 3.05) is 11.3 Å². The number of hydrogen-bond donors (Lipinski definition) is 4. The van der Waals surface area contributed by atoms with Crippen LogP contribution >= 0.6 is 11.3 Å². The molecule has 3 aromatic rings. The van der Waals surface area contributed by atoms with Gasteiger partial charge in [-0.1, -0.05) is 24.3 Å². The molecule has 30 heavy (non-hydrogen) atoms. The Morgan fingerprint density at radius 3 is 2.37 bits per heavy atom. The first-order valence-electron chi connectivity index (χ1n) is 8.70. The molecule has 0 aliphatic carbocycles. The molecule has 0 aliphatic rings. The quantitative estimate of drug-likeness (QED) is 0.420. The van der Waals surface area contributed by atoms with E-state index in [1.54, 1.807) is 47.2 Å². The molecule has 0 aliphatic heterocycles. The summed E-state index contributed by atoms with van der Waals surface area (Å²) in [5.41, 5.74) is 2.09. The molecule has 1 atom stereocenters. The molecule has 2 aromatic carbocycles. The lowest BCUT2D eigenvalue weighted by Gasteiger charge is -2.12. The molecule has 0 bridgehead atoms. The Bertz CT molecular complexity index is 1140. The van der Waals surface area contributed by atoms with Gasteiger partial charge in [-0.05, 0) is 46.8 Å². The fourth-order valence-electron chi connectivity index (χ4n) is 2.62. The van der Waals surface area contributed by atoms with E-state index in [0.717, 1.165) is 11.1 Å². The van der Waals surface area contributed by atoms with Crippen LogP contribution in [-0.2, 0) is 14.8 Å². The summed E-state index contributed by atoms with van der Waals surface area (Å²) in [6, 6.07) is 13.3. The summed E-state index contributed by atoms with van der Waals surface area (Å²) < 4.78 is 27.3. The molecule has 0 spiro atoms. The van der Waals surface area contributed by atoms with Crippen molar-refractivity contribution in [3.63, 3.8) is 0 Å². The van der Waals surface area contributed by atoms with Gasteiger partial charge in [0.2, 0.25) is 0 Å². The fraction of sp³-hybridized carbons (Fsp3) is 0.100. The minimum Gasteiger partial charge on any atom is -0.480 e. The number of carboxylic acids is 1. The van der Waals surface area contributed by atoms with Crippen molar-refractivity contribution in [2.45, 2.75) is 10.9 Å². The number of carboxylic acid groups (broad SMARTS) is 1. The van der Waals surface area contributed by atoms with E-state index in [1.807, 2.05) is 0 Å². The van der Waals surface area contributed by atoms with Gasteiger partial charge in [-0.25, -0.2) is 13.2 Å². The van der Waals surface area contributed by atoms with E-state index in [-0.39, 0.29) is 10.5 Å². The number of carbonyl (C=O) groups excluding carboxylic acids is 1. The van der Waals surface area contributed by atoms with Crippen molar-refractivity contribution in [3.05, 3.63) is 70.9 Å². The molecule has 156 valence electrons. The van der Waals surface area contributed by atoms with Crippen LogP contribution in [0.15, 0.2) is 70.3 Å². The molecule has 1 heterocycles. The highest BCUT2D eigenvalue weighted by molar-refractivity contribution is 7.92.